The maximum atomic E-state index is 3.89. The molecule has 0 aromatic carbocycles. The fourth-order valence-corrected chi connectivity index (χ4v) is 2.20. The number of likely N-dealkylation sites (N-methyl/N-ethyl adjacent to an activating group) is 1. The first kappa shape index (κ1) is 11.2. The lowest BCUT2D eigenvalue weighted by molar-refractivity contribution is 0.220. The van der Waals surface area contributed by atoms with Gasteiger partial charge in [0.05, 0.1) is 0 Å². The molecule has 1 atom stereocenters. The summed E-state index contributed by atoms with van der Waals surface area (Å²) in [5, 5.41) is 0. The maximum absolute atomic E-state index is 3.89. The van der Waals surface area contributed by atoms with Gasteiger partial charge in [-0.3, -0.25) is 4.90 Å². The quantitative estimate of drug-likeness (QED) is 0.735. The minimum absolute atomic E-state index is 0.641. The molecule has 0 spiro atoms. The summed E-state index contributed by atoms with van der Waals surface area (Å²) in [7, 11) is 2.20. The minimum atomic E-state index is 0.641. The SMILES string of the molecule is C=C(Br)CN1CCCN(C)CC1C. The third kappa shape index (κ3) is 3.79. The Hall–Kier alpha value is 0.140. The second-order valence-corrected chi connectivity index (χ2v) is 5.07. The van der Waals surface area contributed by atoms with Gasteiger partial charge in [0.2, 0.25) is 0 Å². The average molecular weight is 247 g/mol. The normalized spacial score (nSPS) is 27.2. The predicted octanol–water partition coefficient (Wildman–Crippen LogP) is 1.92. The molecule has 0 N–H and O–H groups in total. The minimum Gasteiger partial charge on any atom is -0.305 e. The van der Waals surface area contributed by atoms with Crippen LogP contribution in [0.25, 0.3) is 0 Å². The molecular weight excluding hydrogens is 228 g/mol. The van der Waals surface area contributed by atoms with E-state index in [1.54, 1.807) is 0 Å². The van der Waals surface area contributed by atoms with Crippen molar-refractivity contribution in [2.75, 3.05) is 33.2 Å². The van der Waals surface area contributed by atoms with Crippen LogP contribution >= 0.6 is 15.9 Å². The monoisotopic (exact) mass is 246 g/mol. The number of rotatable bonds is 2. The van der Waals surface area contributed by atoms with E-state index in [1.165, 1.54) is 26.1 Å². The molecule has 0 radical (unpaired) electrons. The standard InChI is InChI=1S/C10H19BrN2/c1-9(11)7-13-6-4-5-12(3)8-10(13)2/h10H,1,4-8H2,2-3H3. The molecule has 1 saturated heterocycles. The van der Waals surface area contributed by atoms with Crippen LogP contribution in [0, 0.1) is 0 Å². The summed E-state index contributed by atoms with van der Waals surface area (Å²) in [5.74, 6) is 0. The zero-order valence-electron chi connectivity index (χ0n) is 8.59. The van der Waals surface area contributed by atoms with Gasteiger partial charge in [0.15, 0.2) is 0 Å². The van der Waals surface area contributed by atoms with Crippen molar-refractivity contribution in [2.45, 2.75) is 19.4 Å². The summed E-state index contributed by atoms with van der Waals surface area (Å²) >= 11 is 3.43. The molecule has 1 heterocycles. The molecule has 1 rings (SSSR count). The Balaban J connectivity index is 2.48. The Morgan fingerprint density at radius 2 is 2.23 bits per heavy atom. The Kier molecular flexibility index (Phi) is 4.42. The van der Waals surface area contributed by atoms with Crippen molar-refractivity contribution >= 4 is 15.9 Å². The Morgan fingerprint density at radius 1 is 1.54 bits per heavy atom. The molecule has 0 amide bonds. The third-order valence-electron chi connectivity index (χ3n) is 2.56. The third-order valence-corrected chi connectivity index (χ3v) is 2.81. The van der Waals surface area contributed by atoms with E-state index in [0.717, 1.165) is 11.0 Å². The molecule has 1 aliphatic rings. The van der Waals surface area contributed by atoms with E-state index in [-0.39, 0.29) is 0 Å². The van der Waals surface area contributed by atoms with Crippen LogP contribution in [0.2, 0.25) is 0 Å². The van der Waals surface area contributed by atoms with Crippen LogP contribution in [0.3, 0.4) is 0 Å². The van der Waals surface area contributed by atoms with Crippen LogP contribution in [-0.4, -0.2) is 49.1 Å². The van der Waals surface area contributed by atoms with Crippen molar-refractivity contribution in [2.24, 2.45) is 0 Å². The topological polar surface area (TPSA) is 6.48 Å². The summed E-state index contributed by atoms with van der Waals surface area (Å²) in [6.07, 6.45) is 1.27. The lowest BCUT2D eigenvalue weighted by Gasteiger charge is -2.27. The van der Waals surface area contributed by atoms with Crippen LogP contribution in [0.4, 0.5) is 0 Å². The van der Waals surface area contributed by atoms with Gasteiger partial charge in [0.1, 0.15) is 0 Å². The van der Waals surface area contributed by atoms with Crippen molar-refractivity contribution in [3.8, 4) is 0 Å². The highest BCUT2D eigenvalue weighted by atomic mass is 79.9. The molecule has 0 bridgehead atoms. The van der Waals surface area contributed by atoms with Crippen LogP contribution in [0.5, 0.6) is 0 Å². The van der Waals surface area contributed by atoms with E-state index in [4.69, 9.17) is 0 Å². The molecule has 0 saturated carbocycles. The molecule has 1 unspecified atom stereocenters. The van der Waals surface area contributed by atoms with Crippen LogP contribution in [0.15, 0.2) is 11.1 Å². The molecule has 1 fully saturated rings. The predicted molar refractivity (Wildman–Crippen MR) is 61.2 cm³/mol. The summed E-state index contributed by atoms with van der Waals surface area (Å²) in [6, 6.07) is 0.641. The number of hydrogen-bond acceptors (Lipinski definition) is 2. The van der Waals surface area contributed by atoms with Gasteiger partial charge in [-0.15, -0.1) is 0 Å². The molecule has 76 valence electrons. The Morgan fingerprint density at radius 3 is 2.85 bits per heavy atom. The van der Waals surface area contributed by atoms with E-state index in [1.807, 2.05) is 0 Å². The lowest BCUT2D eigenvalue weighted by Crippen LogP contribution is -2.38. The number of hydrogen-bond donors (Lipinski definition) is 0. The van der Waals surface area contributed by atoms with Gasteiger partial charge in [-0.1, -0.05) is 22.5 Å². The molecular formula is C10H19BrN2. The molecule has 2 nitrogen and oxygen atoms in total. The first-order valence-corrected chi connectivity index (χ1v) is 5.65. The van der Waals surface area contributed by atoms with Crippen molar-refractivity contribution in [3.63, 3.8) is 0 Å². The highest BCUT2D eigenvalue weighted by Crippen LogP contribution is 2.12. The van der Waals surface area contributed by atoms with Gasteiger partial charge in [-0.2, -0.15) is 0 Å². The number of halogens is 1. The highest BCUT2D eigenvalue weighted by molar-refractivity contribution is 9.11. The van der Waals surface area contributed by atoms with Crippen LogP contribution in [0.1, 0.15) is 13.3 Å². The Bertz CT molecular complexity index is 182. The van der Waals surface area contributed by atoms with Crippen LogP contribution < -0.4 is 0 Å². The van der Waals surface area contributed by atoms with Gasteiger partial charge in [-0.25, -0.2) is 0 Å². The van der Waals surface area contributed by atoms with Gasteiger partial charge in [0, 0.05) is 30.2 Å². The van der Waals surface area contributed by atoms with Crippen LogP contribution in [-0.2, 0) is 0 Å². The first-order chi connectivity index (χ1) is 6.09. The highest BCUT2D eigenvalue weighted by Gasteiger charge is 2.18. The van der Waals surface area contributed by atoms with Gasteiger partial charge in [0.25, 0.3) is 0 Å². The average Bonchev–Trinajstić information content (AvgIpc) is 2.13. The number of nitrogens with zero attached hydrogens (tertiary/aromatic N) is 2. The van der Waals surface area contributed by atoms with E-state index in [0.29, 0.717) is 6.04 Å². The summed E-state index contributed by atoms with van der Waals surface area (Å²) < 4.78 is 1.09. The van der Waals surface area contributed by atoms with E-state index < -0.39 is 0 Å². The first-order valence-electron chi connectivity index (χ1n) is 4.85. The Labute approximate surface area is 89.7 Å². The molecule has 13 heavy (non-hydrogen) atoms. The van der Waals surface area contributed by atoms with Crippen molar-refractivity contribution in [1.82, 2.24) is 9.80 Å². The second-order valence-electron chi connectivity index (χ2n) is 3.95. The summed E-state index contributed by atoms with van der Waals surface area (Å²) in [4.78, 5) is 4.89. The zero-order chi connectivity index (χ0) is 9.84. The fourth-order valence-electron chi connectivity index (χ4n) is 1.88. The fraction of sp³-hybridized carbons (Fsp3) is 0.800. The smallest absolute Gasteiger partial charge is 0.0297 e. The summed E-state index contributed by atoms with van der Waals surface area (Å²) in [6.45, 7) is 10.7. The largest absolute Gasteiger partial charge is 0.305 e. The van der Waals surface area contributed by atoms with E-state index in [2.05, 4.69) is 46.3 Å². The second kappa shape index (κ2) is 5.13. The lowest BCUT2D eigenvalue weighted by atomic mass is 10.3. The molecule has 0 aromatic heterocycles. The summed E-state index contributed by atoms with van der Waals surface area (Å²) in [5.41, 5.74) is 0. The van der Waals surface area contributed by atoms with E-state index >= 15 is 0 Å². The molecule has 1 aliphatic heterocycles. The van der Waals surface area contributed by atoms with Crippen molar-refractivity contribution in [1.29, 1.82) is 0 Å². The maximum Gasteiger partial charge on any atom is 0.0297 e. The molecule has 0 aromatic rings. The van der Waals surface area contributed by atoms with Gasteiger partial charge >= 0.3 is 0 Å². The van der Waals surface area contributed by atoms with E-state index in [9.17, 15) is 0 Å². The molecule has 0 aliphatic carbocycles. The zero-order valence-corrected chi connectivity index (χ0v) is 10.2. The van der Waals surface area contributed by atoms with Gasteiger partial charge < -0.3 is 4.90 Å². The van der Waals surface area contributed by atoms with Crippen molar-refractivity contribution < 1.29 is 0 Å². The van der Waals surface area contributed by atoms with Gasteiger partial charge in [-0.05, 0) is 26.9 Å². The van der Waals surface area contributed by atoms with Crippen molar-refractivity contribution in [3.05, 3.63) is 11.1 Å². The molecule has 3 heteroatoms.